The van der Waals surface area contributed by atoms with E-state index in [1.54, 1.807) is 0 Å². The van der Waals surface area contributed by atoms with Gasteiger partial charge >= 0.3 is 0 Å². The Bertz CT molecular complexity index is 158. The molecule has 0 amide bonds. The molecule has 0 heterocycles. The van der Waals surface area contributed by atoms with Crippen LogP contribution in [0.5, 0.6) is 0 Å². The molecule has 0 saturated heterocycles. The molecule has 0 unspecified atom stereocenters. The topological polar surface area (TPSA) is 29.4 Å². The van der Waals surface area contributed by atoms with Gasteiger partial charge in [0.25, 0.3) is 0 Å². The van der Waals surface area contributed by atoms with Crippen LogP contribution in [0, 0.1) is 4.91 Å². The number of nitroso groups, excluding NO2 is 1. The normalized spacial score (nSPS) is 17.1. The van der Waals surface area contributed by atoms with Gasteiger partial charge < -0.3 is 0 Å². The molecular formula is C7H9NO. The molecule has 0 N–H and O–H groups in total. The zero-order chi connectivity index (χ0) is 6.53. The van der Waals surface area contributed by atoms with Crippen LogP contribution in [0.4, 0.5) is 0 Å². The lowest BCUT2D eigenvalue weighted by Crippen LogP contribution is -1.87. The summed E-state index contributed by atoms with van der Waals surface area (Å²) < 4.78 is 0. The van der Waals surface area contributed by atoms with E-state index in [-0.39, 0.29) is 0 Å². The molecular weight excluding hydrogens is 114 g/mol. The monoisotopic (exact) mass is 123 g/mol. The fraction of sp³-hybridized carbons (Fsp3) is 0.429. The van der Waals surface area contributed by atoms with Gasteiger partial charge in [0.15, 0.2) is 0 Å². The van der Waals surface area contributed by atoms with Crippen molar-refractivity contribution in [3.05, 3.63) is 28.7 Å². The SMILES string of the molecule is O=NCC1=CCCC=C1. The van der Waals surface area contributed by atoms with E-state index in [0.29, 0.717) is 6.54 Å². The summed E-state index contributed by atoms with van der Waals surface area (Å²) >= 11 is 0. The molecule has 0 spiro atoms. The van der Waals surface area contributed by atoms with E-state index in [1.807, 2.05) is 6.08 Å². The maximum Gasteiger partial charge on any atom is 0.106 e. The second-order valence-corrected chi connectivity index (χ2v) is 2.05. The van der Waals surface area contributed by atoms with Crippen molar-refractivity contribution in [2.75, 3.05) is 6.54 Å². The minimum absolute atomic E-state index is 0.330. The van der Waals surface area contributed by atoms with Crippen LogP contribution < -0.4 is 0 Å². The fourth-order valence-electron chi connectivity index (χ4n) is 0.859. The highest BCUT2D eigenvalue weighted by atomic mass is 16.3. The van der Waals surface area contributed by atoms with Gasteiger partial charge in [0.1, 0.15) is 6.54 Å². The molecule has 48 valence electrons. The molecule has 0 fully saturated rings. The van der Waals surface area contributed by atoms with Crippen molar-refractivity contribution < 1.29 is 0 Å². The van der Waals surface area contributed by atoms with Crippen LogP contribution in [0.25, 0.3) is 0 Å². The Hall–Kier alpha value is -0.920. The van der Waals surface area contributed by atoms with E-state index in [0.717, 1.165) is 18.4 Å². The molecule has 0 radical (unpaired) electrons. The van der Waals surface area contributed by atoms with Crippen LogP contribution in [0.1, 0.15) is 12.8 Å². The van der Waals surface area contributed by atoms with Crippen molar-refractivity contribution in [1.29, 1.82) is 0 Å². The molecule has 1 aliphatic carbocycles. The number of hydrogen-bond acceptors (Lipinski definition) is 2. The smallest absolute Gasteiger partial charge is 0.106 e. The summed E-state index contributed by atoms with van der Waals surface area (Å²) in [6, 6.07) is 0. The van der Waals surface area contributed by atoms with Crippen molar-refractivity contribution in [2.45, 2.75) is 12.8 Å². The molecule has 1 rings (SSSR count). The van der Waals surface area contributed by atoms with E-state index in [2.05, 4.69) is 17.3 Å². The van der Waals surface area contributed by atoms with E-state index in [9.17, 15) is 4.91 Å². The Balaban J connectivity index is 2.47. The summed E-state index contributed by atoms with van der Waals surface area (Å²) in [4.78, 5) is 9.75. The highest BCUT2D eigenvalue weighted by Crippen LogP contribution is 2.08. The second kappa shape index (κ2) is 3.17. The summed E-state index contributed by atoms with van der Waals surface area (Å²) in [5.74, 6) is 0. The summed E-state index contributed by atoms with van der Waals surface area (Å²) in [5, 5.41) is 2.79. The zero-order valence-electron chi connectivity index (χ0n) is 5.21. The standard InChI is InChI=1S/C7H9NO/c9-8-6-7-4-2-1-3-5-7/h2,4-5H,1,3,6H2. The van der Waals surface area contributed by atoms with E-state index in [4.69, 9.17) is 0 Å². The lowest BCUT2D eigenvalue weighted by atomic mass is 10.1. The highest BCUT2D eigenvalue weighted by molar-refractivity contribution is 5.23. The van der Waals surface area contributed by atoms with E-state index < -0.39 is 0 Å². The fourth-order valence-corrected chi connectivity index (χ4v) is 0.859. The first-order chi connectivity index (χ1) is 4.43. The van der Waals surface area contributed by atoms with Gasteiger partial charge in [0, 0.05) is 0 Å². The average molecular weight is 123 g/mol. The van der Waals surface area contributed by atoms with Gasteiger partial charge in [-0.1, -0.05) is 23.4 Å². The Morgan fingerprint density at radius 2 is 2.44 bits per heavy atom. The summed E-state index contributed by atoms with van der Waals surface area (Å²) in [5.41, 5.74) is 1.05. The molecule has 2 nitrogen and oxygen atoms in total. The Labute approximate surface area is 54.2 Å². The van der Waals surface area contributed by atoms with Crippen LogP contribution in [0.2, 0.25) is 0 Å². The largest absolute Gasteiger partial charge is 0.150 e. The Morgan fingerprint density at radius 1 is 1.56 bits per heavy atom. The third-order valence-electron chi connectivity index (χ3n) is 1.32. The minimum Gasteiger partial charge on any atom is -0.150 e. The first-order valence-electron chi connectivity index (χ1n) is 3.08. The number of allylic oxidation sites excluding steroid dienone is 2. The van der Waals surface area contributed by atoms with Crippen LogP contribution in [-0.4, -0.2) is 6.54 Å². The van der Waals surface area contributed by atoms with Crippen LogP contribution in [-0.2, 0) is 0 Å². The quantitative estimate of drug-likeness (QED) is 0.516. The average Bonchev–Trinajstić information content (AvgIpc) is 1.91. The predicted molar refractivity (Wildman–Crippen MR) is 37.1 cm³/mol. The van der Waals surface area contributed by atoms with Gasteiger partial charge in [-0.2, -0.15) is 4.91 Å². The molecule has 0 aromatic rings. The minimum atomic E-state index is 0.330. The summed E-state index contributed by atoms with van der Waals surface area (Å²) in [7, 11) is 0. The molecule has 0 atom stereocenters. The van der Waals surface area contributed by atoms with Crippen molar-refractivity contribution >= 4 is 0 Å². The number of hydrogen-bond donors (Lipinski definition) is 0. The van der Waals surface area contributed by atoms with Gasteiger partial charge in [0.05, 0.1) is 0 Å². The molecule has 1 aliphatic rings. The first-order valence-corrected chi connectivity index (χ1v) is 3.08. The Morgan fingerprint density at radius 3 is 3.00 bits per heavy atom. The maximum absolute atomic E-state index is 9.75. The van der Waals surface area contributed by atoms with E-state index >= 15 is 0 Å². The van der Waals surface area contributed by atoms with E-state index in [1.165, 1.54) is 0 Å². The molecule has 0 aliphatic heterocycles. The molecule has 0 aromatic heterocycles. The van der Waals surface area contributed by atoms with Gasteiger partial charge in [0.2, 0.25) is 0 Å². The van der Waals surface area contributed by atoms with Crippen molar-refractivity contribution in [1.82, 2.24) is 0 Å². The molecule has 0 saturated carbocycles. The van der Waals surface area contributed by atoms with Crippen LogP contribution >= 0.6 is 0 Å². The number of nitrogens with zero attached hydrogens (tertiary/aromatic N) is 1. The van der Waals surface area contributed by atoms with Gasteiger partial charge in [-0.25, -0.2) is 0 Å². The molecule has 2 heteroatoms. The summed E-state index contributed by atoms with van der Waals surface area (Å²) in [6.45, 7) is 0.330. The third-order valence-corrected chi connectivity index (χ3v) is 1.32. The lowest BCUT2D eigenvalue weighted by Gasteiger charge is -1.99. The molecule has 0 aromatic carbocycles. The van der Waals surface area contributed by atoms with Gasteiger partial charge in [-0.05, 0) is 18.4 Å². The van der Waals surface area contributed by atoms with Crippen molar-refractivity contribution in [3.8, 4) is 0 Å². The third kappa shape index (κ3) is 1.80. The predicted octanol–water partition coefficient (Wildman–Crippen LogP) is 2.03. The summed E-state index contributed by atoms with van der Waals surface area (Å²) in [6.07, 6.45) is 8.25. The van der Waals surface area contributed by atoms with Gasteiger partial charge in [-0.15, -0.1) is 0 Å². The first kappa shape index (κ1) is 6.20. The molecule has 0 bridgehead atoms. The van der Waals surface area contributed by atoms with Crippen LogP contribution in [0.3, 0.4) is 0 Å². The van der Waals surface area contributed by atoms with Gasteiger partial charge in [-0.3, -0.25) is 0 Å². The van der Waals surface area contributed by atoms with Crippen molar-refractivity contribution in [3.63, 3.8) is 0 Å². The highest BCUT2D eigenvalue weighted by Gasteiger charge is 1.94. The maximum atomic E-state index is 9.75. The number of rotatable bonds is 2. The molecule has 9 heavy (non-hydrogen) atoms. The lowest BCUT2D eigenvalue weighted by molar-refractivity contribution is 0.993. The zero-order valence-corrected chi connectivity index (χ0v) is 5.21. The van der Waals surface area contributed by atoms with Crippen molar-refractivity contribution in [2.24, 2.45) is 5.18 Å². The van der Waals surface area contributed by atoms with Crippen LogP contribution in [0.15, 0.2) is 29.0 Å². The Kier molecular flexibility index (Phi) is 2.19. The second-order valence-electron chi connectivity index (χ2n) is 2.05.